The van der Waals surface area contributed by atoms with Crippen molar-refractivity contribution >= 4 is 17.7 Å². The third-order valence-corrected chi connectivity index (χ3v) is 4.66. The van der Waals surface area contributed by atoms with E-state index in [-0.39, 0.29) is 18.7 Å². The standard InChI is InChI=1S/C14H18N2O3S/c1-9-6-20-7-11(16-9)14(17)15-5-10-2-3-12-13(4-10)19-8-18-12/h2-4,9,11,16H,5-8H2,1H3,(H,15,17)/t9?,11-/m0/s1. The van der Waals surface area contributed by atoms with Gasteiger partial charge in [0.1, 0.15) is 0 Å². The van der Waals surface area contributed by atoms with Gasteiger partial charge in [0.15, 0.2) is 11.5 Å². The summed E-state index contributed by atoms with van der Waals surface area (Å²) in [5, 5.41) is 6.29. The van der Waals surface area contributed by atoms with Crippen molar-refractivity contribution in [1.82, 2.24) is 10.6 Å². The van der Waals surface area contributed by atoms with E-state index >= 15 is 0 Å². The highest BCUT2D eigenvalue weighted by Crippen LogP contribution is 2.32. The zero-order valence-corrected chi connectivity index (χ0v) is 12.2. The minimum atomic E-state index is -0.0993. The first-order valence-electron chi connectivity index (χ1n) is 6.72. The zero-order valence-electron chi connectivity index (χ0n) is 11.3. The van der Waals surface area contributed by atoms with Gasteiger partial charge in [-0.3, -0.25) is 4.79 Å². The Bertz CT molecular complexity index is 509. The molecule has 6 heteroatoms. The van der Waals surface area contributed by atoms with Gasteiger partial charge in [0.25, 0.3) is 0 Å². The SMILES string of the molecule is CC1CSC[C@@H](C(=O)NCc2ccc3c(c2)OCO3)N1. The molecule has 0 spiro atoms. The van der Waals surface area contributed by atoms with Crippen LogP contribution in [0.5, 0.6) is 11.5 Å². The average molecular weight is 294 g/mol. The van der Waals surface area contributed by atoms with Gasteiger partial charge in [-0.25, -0.2) is 0 Å². The van der Waals surface area contributed by atoms with Crippen LogP contribution in [0.3, 0.4) is 0 Å². The molecule has 5 nitrogen and oxygen atoms in total. The van der Waals surface area contributed by atoms with Gasteiger partial charge in [-0.1, -0.05) is 6.07 Å². The Balaban J connectivity index is 1.55. The normalized spacial score (nSPS) is 24.4. The summed E-state index contributed by atoms with van der Waals surface area (Å²) in [6.45, 7) is 2.88. The molecule has 1 aromatic rings. The fourth-order valence-corrected chi connectivity index (χ4v) is 3.39. The van der Waals surface area contributed by atoms with E-state index < -0.39 is 0 Å². The molecule has 0 saturated carbocycles. The Kier molecular flexibility index (Phi) is 4.03. The number of carbonyl (C=O) groups excluding carboxylic acids is 1. The van der Waals surface area contributed by atoms with Crippen LogP contribution in [0.15, 0.2) is 18.2 Å². The van der Waals surface area contributed by atoms with Gasteiger partial charge in [-0.2, -0.15) is 11.8 Å². The van der Waals surface area contributed by atoms with Crippen molar-refractivity contribution in [1.29, 1.82) is 0 Å². The summed E-state index contributed by atoms with van der Waals surface area (Å²) in [7, 11) is 0. The molecule has 2 N–H and O–H groups in total. The lowest BCUT2D eigenvalue weighted by Crippen LogP contribution is -2.52. The van der Waals surface area contributed by atoms with Gasteiger partial charge in [-0.05, 0) is 24.6 Å². The molecule has 3 rings (SSSR count). The quantitative estimate of drug-likeness (QED) is 0.875. The Morgan fingerprint density at radius 3 is 3.10 bits per heavy atom. The number of hydrogen-bond acceptors (Lipinski definition) is 5. The van der Waals surface area contributed by atoms with Gasteiger partial charge in [0.05, 0.1) is 6.04 Å². The second kappa shape index (κ2) is 5.93. The van der Waals surface area contributed by atoms with Gasteiger partial charge >= 0.3 is 0 Å². The minimum absolute atomic E-state index is 0.0571. The van der Waals surface area contributed by atoms with E-state index in [2.05, 4.69) is 17.6 Å². The Morgan fingerprint density at radius 1 is 1.40 bits per heavy atom. The monoisotopic (exact) mass is 294 g/mol. The number of thioether (sulfide) groups is 1. The van der Waals surface area contributed by atoms with Crippen LogP contribution >= 0.6 is 11.8 Å². The molecular weight excluding hydrogens is 276 g/mol. The van der Waals surface area contributed by atoms with Crippen molar-refractivity contribution in [3.8, 4) is 11.5 Å². The number of benzene rings is 1. The summed E-state index contributed by atoms with van der Waals surface area (Å²) in [6, 6.07) is 6.02. The molecule has 0 radical (unpaired) electrons. The maximum absolute atomic E-state index is 12.1. The van der Waals surface area contributed by atoms with E-state index in [0.717, 1.165) is 28.6 Å². The first-order chi connectivity index (χ1) is 9.72. The number of ether oxygens (including phenoxy) is 2. The fraction of sp³-hybridized carbons (Fsp3) is 0.500. The number of nitrogens with one attached hydrogen (secondary N) is 2. The maximum Gasteiger partial charge on any atom is 0.238 e. The molecule has 2 heterocycles. The summed E-state index contributed by atoms with van der Waals surface area (Å²) >= 11 is 1.82. The molecule has 108 valence electrons. The Morgan fingerprint density at radius 2 is 2.25 bits per heavy atom. The first-order valence-corrected chi connectivity index (χ1v) is 7.88. The van der Waals surface area contributed by atoms with Crippen molar-refractivity contribution in [2.24, 2.45) is 0 Å². The lowest BCUT2D eigenvalue weighted by Gasteiger charge is -2.27. The van der Waals surface area contributed by atoms with Gasteiger partial charge < -0.3 is 20.1 Å². The average Bonchev–Trinajstić information content (AvgIpc) is 2.92. The van der Waals surface area contributed by atoms with Gasteiger partial charge in [-0.15, -0.1) is 0 Å². The predicted molar refractivity (Wildman–Crippen MR) is 78.1 cm³/mol. The third-order valence-electron chi connectivity index (χ3n) is 3.36. The number of rotatable bonds is 3. The van der Waals surface area contributed by atoms with Crippen molar-refractivity contribution in [3.63, 3.8) is 0 Å². The molecule has 1 amide bonds. The van der Waals surface area contributed by atoms with E-state index in [1.165, 1.54) is 0 Å². The predicted octanol–water partition coefficient (Wildman–Crippen LogP) is 1.12. The molecule has 0 bridgehead atoms. The van der Waals surface area contributed by atoms with Crippen LogP contribution in [0, 0.1) is 0 Å². The molecule has 1 fully saturated rings. The molecule has 2 atom stereocenters. The van der Waals surface area contributed by atoms with Crippen LogP contribution in [0.25, 0.3) is 0 Å². The van der Waals surface area contributed by atoms with Crippen LogP contribution in [0.2, 0.25) is 0 Å². The van der Waals surface area contributed by atoms with Gasteiger partial charge in [0, 0.05) is 24.1 Å². The summed E-state index contributed by atoms with van der Waals surface area (Å²) in [5.41, 5.74) is 1.01. The van der Waals surface area contributed by atoms with Crippen molar-refractivity contribution < 1.29 is 14.3 Å². The Hall–Kier alpha value is -1.40. The van der Waals surface area contributed by atoms with Crippen LogP contribution in [0.1, 0.15) is 12.5 Å². The second-order valence-electron chi connectivity index (χ2n) is 5.06. The lowest BCUT2D eigenvalue weighted by atomic mass is 10.2. The largest absolute Gasteiger partial charge is 0.454 e. The lowest BCUT2D eigenvalue weighted by molar-refractivity contribution is -0.123. The minimum Gasteiger partial charge on any atom is -0.454 e. The Labute approximate surface area is 122 Å². The summed E-state index contributed by atoms with van der Waals surface area (Å²) in [5.74, 6) is 3.46. The molecule has 0 aliphatic carbocycles. The molecule has 1 unspecified atom stereocenters. The van der Waals surface area contributed by atoms with E-state index in [4.69, 9.17) is 9.47 Å². The summed E-state index contributed by atoms with van der Waals surface area (Å²) in [6.07, 6.45) is 0. The highest BCUT2D eigenvalue weighted by atomic mass is 32.2. The zero-order chi connectivity index (χ0) is 13.9. The van der Waals surface area contributed by atoms with E-state index in [9.17, 15) is 4.79 Å². The van der Waals surface area contributed by atoms with Gasteiger partial charge in [0.2, 0.25) is 12.7 Å². The van der Waals surface area contributed by atoms with Crippen molar-refractivity contribution in [2.75, 3.05) is 18.3 Å². The topological polar surface area (TPSA) is 59.6 Å². The van der Waals surface area contributed by atoms with E-state index in [1.807, 2.05) is 30.0 Å². The number of amides is 1. The van der Waals surface area contributed by atoms with E-state index in [1.54, 1.807) is 0 Å². The molecule has 1 aromatic carbocycles. The highest BCUT2D eigenvalue weighted by molar-refractivity contribution is 7.99. The number of hydrogen-bond donors (Lipinski definition) is 2. The second-order valence-corrected chi connectivity index (χ2v) is 6.14. The fourth-order valence-electron chi connectivity index (χ4n) is 2.32. The highest BCUT2D eigenvalue weighted by Gasteiger charge is 2.24. The number of carbonyl (C=O) groups is 1. The van der Waals surface area contributed by atoms with Crippen LogP contribution in [-0.2, 0) is 11.3 Å². The van der Waals surface area contributed by atoms with Crippen molar-refractivity contribution in [3.05, 3.63) is 23.8 Å². The van der Waals surface area contributed by atoms with Crippen molar-refractivity contribution in [2.45, 2.75) is 25.6 Å². The maximum atomic E-state index is 12.1. The molecular formula is C14H18N2O3S. The van der Waals surface area contributed by atoms with Crippen LogP contribution in [0.4, 0.5) is 0 Å². The smallest absolute Gasteiger partial charge is 0.238 e. The molecule has 2 aliphatic heterocycles. The van der Waals surface area contributed by atoms with Crippen LogP contribution < -0.4 is 20.1 Å². The summed E-state index contributed by atoms with van der Waals surface area (Å²) < 4.78 is 10.6. The molecule has 2 aliphatic rings. The summed E-state index contributed by atoms with van der Waals surface area (Å²) in [4.78, 5) is 12.1. The molecule has 0 aromatic heterocycles. The third kappa shape index (κ3) is 3.02. The molecule has 1 saturated heterocycles. The van der Waals surface area contributed by atoms with E-state index in [0.29, 0.717) is 12.6 Å². The first kappa shape index (κ1) is 13.6. The molecule has 20 heavy (non-hydrogen) atoms. The number of fused-ring (bicyclic) bond motifs is 1. The van der Waals surface area contributed by atoms with Crippen LogP contribution in [-0.4, -0.2) is 36.3 Å².